The number of ether oxygens (including phenoxy) is 1. The highest BCUT2D eigenvalue weighted by molar-refractivity contribution is 5.90. The molecule has 0 bridgehead atoms. The highest BCUT2D eigenvalue weighted by Crippen LogP contribution is 2.38. The summed E-state index contributed by atoms with van der Waals surface area (Å²) in [5.41, 5.74) is 3.24. The van der Waals surface area contributed by atoms with E-state index < -0.39 is 0 Å². The van der Waals surface area contributed by atoms with E-state index in [9.17, 15) is 4.79 Å². The Morgan fingerprint density at radius 3 is 2.33 bits per heavy atom. The first-order valence-electron chi connectivity index (χ1n) is 11.0. The predicted molar refractivity (Wildman–Crippen MR) is 127 cm³/mol. The second-order valence-electron chi connectivity index (χ2n) is 8.05. The van der Waals surface area contributed by atoms with Gasteiger partial charge in [0.1, 0.15) is 5.75 Å². The van der Waals surface area contributed by atoms with Gasteiger partial charge in [0, 0.05) is 0 Å². The first-order valence-corrected chi connectivity index (χ1v) is 11.0. The SMILES string of the molecule is COc1ccc(CC(=O)Nc2nc3n(n2)[C@@H](c2ccccc2)C[C@H](c2ccccc2)N3)cc1. The van der Waals surface area contributed by atoms with Crippen molar-refractivity contribution in [2.75, 3.05) is 17.7 Å². The molecular formula is C26H25N5O2. The second kappa shape index (κ2) is 9.16. The molecule has 0 radical (unpaired) electrons. The number of hydrogen-bond donors (Lipinski definition) is 2. The smallest absolute Gasteiger partial charge is 0.250 e. The Kier molecular flexibility index (Phi) is 5.76. The van der Waals surface area contributed by atoms with E-state index in [2.05, 4.69) is 45.0 Å². The molecule has 4 aromatic rings. The number of carbonyl (C=O) groups excluding carboxylic acids is 1. The Morgan fingerprint density at radius 1 is 1.00 bits per heavy atom. The first kappa shape index (κ1) is 20.8. The van der Waals surface area contributed by atoms with Crippen molar-refractivity contribution in [3.05, 3.63) is 102 Å². The number of benzene rings is 3. The number of aromatic nitrogens is 3. The van der Waals surface area contributed by atoms with Gasteiger partial charge in [0.2, 0.25) is 11.9 Å². The molecule has 33 heavy (non-hydrogen) atoms. The number of nitrogens with zero attached hydrogens (tertiary/aromatic N) is 3. The van der Waals surface area contributed by atoms with Crippen LogP contribution in [0.25, 0.3) is 0 Å². The number of anilines is 2. The van der Waals surface area contributed by atoms with Crippen LogP contribution >= 0.6 is 0 Å². The highest BCUT2D eigenvalue weighted by Gasteiger charge is 2.31. The van der Waals surface area contributed by atoms with Gasteiger partial charge in [0.15, 0.2) is 0 Å². The minimum atomic E-state index is -0.168. The summed E-state index contributed by atoms with van der Waals surface area (Å²) in [4.78, 5) is 17.2. The van der Waals surface area contributed by atoms with E-state index in [0.717, 1.165) is 23.3 Å². The van der Waals surface area contributed by atoms with Gasteiger partial charge < -0.3 is 10.1 Å². The Bertz CT molecular complexity index is 1220. The van der Waals surface area contributed by atoms with Crippen LogP contribution in [0.2, 0.25) is 0 Å². The van der Waals surface area contributed by atoms with E-state index in [1.54, 1.807) is 7.11 Å². The largest absolute Gasteiger partial charge is 0.497 e. The lowest BCUT2D eigenvalue weighted by molar-refractivity contribution is -0.115. The van der Waals surface area contributed by atoms with Crippen molar-refractivity contribution >= 4 is 17.8 Å². The molecule has 0 saturated heterocycles. The van der Waals surface area contributed by atoms with Gasteiger partial charge in [0.25, 0.3) is 5.95 Å². The van der Waals surface area contributed by atoms with Gasteiger partial charge >= 0.3 is 0 Å². The zero-order valence-electron chi connectivity index (χ0n) is 18.3. The normalized spacial score (nSPS) is 17.0. The highest BCUT2D eigenvalue weighted by atomic mass is 16.5. The predicted octanol–water partition coefficient (Wildman–Crippen LogP) is 4.61. The fourth-order valence-electron chi connectivity index (χ4n) is 4.18. The molecule has 0 saturated carbocycles. The van der Waals surface area contributed by atoms with Crippen molar-refractivity contribution < 1.29 is 9.53 Å². The molecule has 1 aromatic heterocycles. The van der Waals surface area contributed by atoms with Crippen molar-refractivity contribution in [2.24, 2.45) is 0 Å². The average Bonchev–Trinajstić information content (AvgIpc) is 3.27. The summed E-state index contributed by atoms with van der Waals surface area (Å²) >= 11 is 0. The van der Waals surface area contributed by atoms with Crippen LogP contribution in [0.1, 0.15) is 35.2 Å². The van der Waals surface area contributed by atoms with Gasteiger partial charge in [0.05, 0.1) is 25.6 Å². The third-order valence-corrected chi connectivity index (χ3v) is 5.85. The van der Waals surface area contributed by atoms with E-state index in [0.29, 0.717) is 11.9 Å². The summed E-state index contributed by atoms with van der Waals surface area (Å²) in [5, 5.41) is 11.0. The molecule has 0 fully saturated rings. The molecule has 3 aromatic carbocycles. The van der Waals surface area contributed by atoms with Gasteiger partial charge in [-0.15, -0.1) is 5.10 Å². The first-order chi connectivity index (χ1) is 16.2. The van der Waals surface area contributed by atoms with Gasteiger partial charge in [-0.05, 0) is 35.2 Å². The molecule has 2 heterocycles. The standard InChI is InChI=1S/C26H25N5O2/c1-33-21-14-12-18(13-15-21)16-24(32)28-25-29-26-27-22(19-8-4-2-5-9-19)17-23(31(26)30-25)20-10-6-3-7-11-20/h2-15,22-23H,16-17H2,1H3,(H2,27,28,29,30,32)/t22-,23-/m1/s1. The summed E-state index contributed by atoms with van der Waals surface area (Å²) in [6, 6.07) is 28.1. The third-order valence-electron chi connectivity index (χ3n) is 5.85. The summed E-state index contributed by atoms with van der Waals surface area (Å²) in [6.45, 7) is 0. The van der Waals surface area contributed by atoms with Crippen molar-refractivity contribution in [3.63, 3.8) is 0 Å². The molecular weight excluding hydrogens is 414 g/mol. The van der Waals surface area contributed by atoms with Crippen molar-refractivity contribution in [1.29, 1.82) is 0 Å². The minimum Gasteiger partial charge on any atom is -0.497 e. The molecule has 7 heteroatoms. The van der Waals surface area contributed by atoms with Crippen LogP contribution in [-0.2, 0) is 11.2 Å². The van der Waals surface area contributed by atoms with Crippen molar-refractivity contribution in [3.8, 4) is 5.75 Å². The van der Waals surface area contributed by atoms with Crippen LogP contribution in [0.3, 0.4) is 0 Å². The zero-order valence-corrected chi connectivity index (χ0v) is 18.3. The lowest BCUT2D eigenvalue weighted by Crippen LogP contribution is -2.28. The number of carbonyl (C=O) groups is 1. The summed E-state index contributed by atoms with van der Waals surface area (Å²) in [5.74, 6) is 1.53. The Balaban J connectivity index is 1.38. The van der Waals surface area contributed by atoms with Crippen molar-refractivity contribution in [1.82, 2.24) is 14.8 Å². The van der Waals surface area contributed by atoms with Gasteiger partial charge in [-0.2, -0.15) is 4.98 Å². The summed E-state index contributed by atoms with van der Waals surface area (Å²) in [7, 11) is 1.62. The molecule has 1 aliphatic heterocycles. The van der Waals surface area contributed by atoms with Gasteiger partial charge in [-0.3, -0.25) is 10.1 Å². The number of rotatable bonds is 6. The molecule has 5 rings (SSSR count). The van der Waals surface area contributed by atoms with Crippen LogP contribution in [0.15, 0.2) is 84.9 Å². The van der Waals surface area contributed by atoms with Crippen LogP contribution in [0, 0.1) is 0 Å². The van der Waals surface area contributed by atoms with Crippen LogP contribution in [-0.4, -0.2) is 27.8 Å². The maximum atomic E-state index is 12.6. The van der Waals surface area contributed by atoms with E-state index in [-0.39, 0.29) is 24.4 Å². The van der Waals surface area contributed by atoms with E-state index >= 15 is 0 Å². The molecule has 1 amide bonds. The average molecular weight is 440 g/mol. The topological polar surface area (TPSA) is 81.1 Å². The molecule has 0 unspecified atom stereocenters. The monoisotopic (exact) mass is 439 g/mol. The third kappa shape index (κ3) is 4.57. The van der Waals surface area contributed by atoms with E-state index in [1.807, 2.05) is 65.3 Å². The molecule has 0 aliphatic carbocycles. The fraction of sp³-hybridized carbons (Fsp3) is 0.192. The van der Waals surface area contributed by atoms with Crippen LogP contribution < -0.4 is 15.4 Å². The van der Waals surface area contributed by atoms with Crippen molar-refractivity contribution in [2.45, 2.75) is 24.9 Å². The Morgan fingerprint density at radius 2 is 1.67 bits per heavy atom. The summed E-state index contributed by atoms with van der Waals surface area (Å²) < 4.78 is 7.05. The van der Waals surface area contributed by atoms with E-state index in [1.165, 1.54) is 5.56 Å². The van der Waals surface area contributed by atoms with E-state index in [4.69, 9.17) is 4.74 Å². The quantitative estimate of drug-likeness (QED) is 0.458. The number of fused-ring (bicyclic) bond motifs is 1. The Labute approximate surface area is 192 Å². The molecule has 166 valence electrons. The Hall–Kier alpha value is -4.13. The number of hydrogen-bond acceptors (Lipinski definition) is 5. The number of methoxy groups -OCH3 is 1. The lowest BCUT2D eigenvalue weighted by Gasteiger charge is -2.31. The molecule has 1 aliphatic rings. The maximum Gasteiger partial charge on any atom is 0.250 e. The van der Waals surface area contributed by atoms with Gasteiger partial charge in [-0.25, -0.2) is 4.68 Å². The lowest BCUT2D eigenvalue weighted by atomic mass is 9.93. The fourth-order valence-corrected chi connectivity index (χ4v) is 4.18. The zero-order chi connectivity index (χ0) is 22.6. The molecule has 2 atom stereocenters. The summed E-state index contributed by atoms with van der Waals surface area (Å²) in [6.07, 6.45) is 1.06. The van der Waals surface area contributed by atoms with Crippen LogP contribution in [0.4, 0.5) is 11.9 Å². The molecule has 0 spiro atoms. The van der Waals surface area contributed by atoms with Crippen LogP contribution in [0.5, 0.6) is 5.75 Å². The molecule has 7 nitrogen and oxygen atoms in total. The second-order valence-corrected chi connectivity index (χ2v) is 8.05. The molecule has 2 N–H and O–H groups in total. The number of amides is 1. The van der Waals surface area contributed by atoms with Gasteiger partial charge in [-0.1, -0.05) is 72.8 Å². The maximum absolute atomic E-state index is 12.6. The number of nitrogens with one attached hydrogen (secondary N) is 2. The minimum absolute atomic E-state index is 0.00685.